The first-order valence-electron chi connectivity index (χ1n) is 8.63. The van der Waals surface area contributed by atoms with Crippen LogP contribution in [0.1, 0.15) is 51.4 Å². The van der Waals surface area contributed by atoms with Crippen molar-refractivity contribution < 1.29 is 9.47 Å². The summed E-state index contributed by atoms with van der Waals surface area (Å²) in [5.41, 5.74) is 0. The van der Waals surface area contributed by atoms with Gasteiger partial charge in [0.15, 0.2) is 5.79 Å². The van der Waals surface area contributed by atoms with Gasteiger partial charge < -0.3 is 14.8 Å². The third-order valence-corrected chi connectivity index (χ3v) is 5.90. The van der Waals surface area contributed by atoms with E-state index in [0.29, 0.717) is 0 Å². The lowest BCUT2D eigenvalue weighted by Crippen LogP contribution is -2.51. The molecule has 0 amide bonds. The molecule has 1 aliphatic carbocycles. The lowest BCUT2D eigenvalue weighted by molar-refractivity contribution is -0.184. The molecule has 1 N–H and O–H groups in total. The van der Waals surface area contributed by atoms with Crippen molar-refractivity contribution in [1.82, 2.24) is 10.2 Å². The molecule has 0 aromatic rings. The molecule has 4 heteroatoms. The Balaban J connectivity index is 1.38. The van der Waals surface area contributed by atoms with Crippen molar-refractivity contribution in [3.63, 3.8) is 0 Å². The molecule has 0 aromatic heterocycles. The molecule has 3 heterocycles. The molecule has 0 aromatic carbocycles. The molecular weight excluding hydrogens is 252 g/mol. The molecule has 20 heavy (non-hydrogen) atoms. The van der Waals surface area contributed by atoms with E-state index in [0.717, 1.165) is 44.2 Å². The second kappa shape index (κ2) is 5.56. The molecule has 2 unspecified atom stereocenters. The van der Waals surface area contributed by atoms with Gasteiger partial charge in [-0.15, -0.1) is 0 Å². The molecule has 3 aliphatic heterocycles. The Morgan fingerprint density at radius 3 is 2.45 bits per heavy atom. The first kappa shape index (κ1) is 13.5. The van der Waals surface area contributed by atoms with Gasteiger partial charge in [0.1, 0.15) is 0 Å². The lowest BCUT2D eigenvalue weighted by atomic mass is 9.88. The molecule has 3 saturated heterocycles. The van der Waals surface area contributed by atoms with Crippen molar-refractivity contribution in [3.05, 3.63) is 0 Å². The Morgan fingerprint density at radius 1 is 0.950 bits per heavy atom. The van der Waals surface area contributed by atoms with E-state index in [1.165, 1.54) is 51.6 Å². The zero-order valence-electron chi connectivity index (χ0n) is 12.5. The van der Waals surface area contributed by atoms with E-state index in [4.69, 9.17) is 9.47 Å². The van der Waals surface area contributed by atoms with Crippen molar-refractivity contribution in [2.75, 3.05) is 26.3 Å². The molecule has 4 fully saturated rings. The maximum Gasteiger partial charge on any atom is 0.168 e. The third-order valence-electron chi connectivity index (χ3n) is 5.90. The van der Waals surface area contributed by atoms with Crippen LogP contribution in [0.2, 0.25) is 0 Å². The smallest absolute Gasteiger partial charge is 0.168 e. The van der Waals surface area contributed by atoms with E-state index in [9.17, 15) is 0 Å². The molecule has 0 radical (unpaired) electrons. The van der Waals surface area contributed by atoms with Gasteiger partial charge in [-0.1, -0.05) is 0 Å². The van der Waals surface area contributed by atoms with Crippen LogP contribution in [0.25, 0.3) is 0 Å². The number of nitrogens with one attached hydrogen (secondary N) is 1. The highest BCUT2D eigenvalue weighted by Crippen LogP contribution is 2.39. The minimum atomic E-state index is -0.197. The highest BCUT2D eigenvalue weighted by molar-refractivity contribution is 4.97. The monoisotopic (exact) mass is 280 g/mol. The van der Waals surface area contributed by atoms with Crippen LogP contribution in [-0.2, 0) is 9.47 Å². The van der Waals surface area contributed by atoms with Crippen LogP contribution < -0.4 is 5.32 Å². The fourth-order valence-corrected chi connectivity index (χ4v) is 4.90. The summed E-state index contributed by atoms with van der Waals surface area (Å²) in [7, 11) is 0. The topological polar surface area (TPSA) is 33.7 Å². The van der Waals surface area contributed by atoms with Crippen LogP contribution >= 0.6 is 0 Å². The highest BCUT2D eigenvalue weighted by Gasteiger charge is 2.44. The number of hydrogen-bond acceptors (Lipinski definition) is 4. The van der Waals surface area contributed by atoms with Crippen LogP contribution in [0, 0.1) is 0 Å². The Kier molecular flexibility index (Phi) is 3.75. The van der Waals surface area contributed by atoms with Gasteiger partial charge in [0.25, 0.3) is 0 Å². The molecule has 1 spiro atoms. The molecule has 114 valence electrons. The highest BCUT2D eigenvalue weighted by atomic mass is 16.7. The van der Waals surface area contributed by atoms with E-state index in [-0.39, 0.29) is 5.79 Å². The summed E-state index contributed by atoms with van der Waals surface area (Å²) < 4.78 is 11.7. The third kappa shape index (κ3) is 2.41. The zero-order chi connectivity index (χ0) is 13.4. The molecular formula is C16H28N2O2. The van der Waals surface area contributed by atoms with E-state index < -0.39 is 0 Å². The minimum absolute atomic E-state index is 0.197. The summed E-state index contributed by atoms with van der Waals surface area (Å²) in [5.74, 6) is -0.197. The molecule has 4 rings (SSSR count). The Labute approximate surface area is 122 Å². The second-order valence-electron chi connectivity index (χ2n) is 6.99. The number of hydrogen-bond donors (Lipinski definition) is 1. The maximum absolute atomic E-state index is 5.87. The largest absolute Gasteiger partial charge is 0.348 e. The van der Waals surface area contributed by atoms with E-state index in [1.54, 1.807) is 0 Å². The van der Waals surface area contributed by atoms with Crippen molar-refractivity contribution >= 4 is 0 Å². The van der Waals surface area contributed by atoms with Gasteiger partial charge in [0, 0.05) is 31.0 Å². The SMILES string of the molecule is C1CNC(C2CCCN2C2CCC3(CC2)OCCO3)C1. The van der Waals surface area contributed by atoms with E-state index >= 15 is 0 Å². The molecule has 4 nitrogen and oxygen atoms in total. The first-order chi connectivity index (χ1) is 9.86. The van der Waals surface area contributed by atoms with Gasteiger partial charge in [-0.05, 0) is 51.6 Å². The van der Waals surface area contributed by atoms with Crippen LogP contribution in [0.4, 0.5) is 0 Å². The van der Waals surface area contributed by atoms with Gasteiger partial charge in [0.2, 0.25) is 0 Å². The average Bonchev–Trinajstić information content (AvgIpc) is 3.21. The van der Waals surface area contributed by atoms with Crippen molar-refractivity contribution in [2.45, 2.75) is 75.3 Å². The fourth-order valence-electron chi connectivity index (χ4n) is 4.90. The standard InChI is InChI=1S/C16H28N2O2/c1-3-14(17-9-1)15-4-2-10-18(15)13-5-7-16(8-6-13)19-11-12-20-16/h13-15,17H,1-12H2. The van der Waals surface area contributed by atoms with E-state index in [2.05, 4.69) is 10.2 Å². The summed E-state index contributed by atoms with van der Waals surface area (Å²) in [6.07, 6.45) is 10.2. The first-order valence-corrected chi connectivity index (χ1v) is 8.63. The number of ether oxygens (including phenoxy) is 2. The summed E-state index contributed by atoms with van der Waals surface area (Å²) in [5, 5.41) is 3.73. The minimum Gasteiger partial charge on any atom is -0.348 e. The Morgan fingerprint density at radius 2 is 1.75 bits per heavy atom. The quantitative estimate of drug-likeness (QED) is 0.837. The predicted molar refractivity (Wildman–Crippen MR) is 77.6 cm³/mol. The van der Waals surface area contributed by atoms with Crippen LogP contribution in [-0.4, -0.2) is 55.1 Å². The van der Waals surface area contributed by atoms with Gasteiger partial charge in [0.05, 0.1) is 13.2 Å². The number of rotatable bonds is 2. The maximum atomic E-state index is 5.87. The average molecular weight is 280 g/mol. The van der Waals surface area contributed by atoms with Crippen molar-refractivity contribution in [3.8, 4) is 0 Å². The van der Waals surface area contributed by atoms with Crippen LogP contribution in [0.5, 0.6) is 0 Å². The summed E-state index contributed by atoms with van der Waals surface area (Å²) in [4.78, 5) is 2.82. The lowest BCUT2D eigenvalue weighted by Gasteiger charge is -2.42. The Bertz CT molecular complexity index is 327. The number of nitrogens with zero attached hydrogens (tertiary/aromatic N) is 1. The normalized spacial score (nSPS) is 39.0. The summed E-state index contributed by atoms with van der Waals surface area (Å²) >= 11 is 0. The van der Waals surface area contributed by atoms with Crippen molar-refractivity contribution in [2.24, 2.45) is 0 Å². The zero-order valence-corrected chi connectivity index (χ0v) is 12.5. The molecule has 0 bridgehead atoms. The molecule has 2 atom stereocenters. The van der Waals surface area contributed by atoms with Gasteiger partial charge in [-0.2, -0.15) is 0 Å². The summed E-state index contributed by atoms with van der Waals surface area (Å²) in [6.45, 7) is 4.12. The van der Waals surface area contributed by atoms with Gasteiger partial charge in [-0.25, -0.2) is 0 Å². The number of likely N-dealkylation sites (tertiary alicyclic amines) is 1. The molecule has 1 saturated carbocycles. The van der Waals surface area contributed by atoms with Gasteiger partial charge >= 0.3 is 0 Å². The van der Waals surface area contributed by atoms with Gasteiger partial charge in [-0.3, -0.25) is 4.90 Å². The Hall–Kier alpha value is -0.160. The molecule has 4 aliphatic rings. The summed E-state index contributed by atoms with van der Waals surface area (Å²) in [6, 6.07) is 2.32. The second-order valence-corrected chi connectivity index (χ2v) is 6.99. The van der Waals surface area contributed by atoms with Crippen molar-refractivity contribution in [1.29, 1.82) is 0 Å². The van der Waals surface area contributed by atoms with Crippen LogP contribution in [0.15, 0.2) is 0 Å². The fraction of sp³-hybridized carbons (Fsp3) is 1.00. The predicted octanol–water partition coefficient (Wildman–Crippen LogP) is 1.89. The van der Waals surface area contributed by atoms with E-state index in [1.807, 2.05) is 0 Å². The van der Waals surface area contributed by atoms with Crippen LogP contribution in [0.3, 0.4) is 0 Å².